The molecule has 2 heterocycles. The molecule has 1 aromatic carbocycles. The summed E-state index contributed by atoms with van der Waals surface area (Å²) >= 11 is 1.51. The number of hydrogen-bond acceptors (Lipinski definition) is 4. The van der Waals surface area contributed by atoms with Gasteiger partial charge in [-0.25, -0.2) is 0 Å². The van der Waals surface area contributed by atoms with Crippen molar-refractivity contribution in [2.75, 3.05) is 18.5 Å². The number of anilines is 1. The van der Waals surface area contributed by atoms with Gasteiger partial charge in [-0.15, -0.1) is 11.3 Å². The lowest BCUT2D eigenvalue weighted by atomic mass is 10.0. The van der Waals surface area contributed by atoms with E-state index in [9.17, 15) is 9.59 Å². The fourth-order valence-electron chi connectivity index (χ4n) is 2.56. The van der Waals surface area contributed by atoms with Crippen molar-refractivity contribution in [1.82, 2.24) is 5.32 Å². The highest BCUT2D eigenvalue weighted by atomic mass is 32.1. The molecule has 6 heteroatoms. The van der Waals surface area contributed by atoms with Gasteiger partial charge in [0.2, 0.25) is 5.91 Å². The summed E-state index contributed by atoms with van der Waals surface area (Å²) in [5.41, 5.74) is 3.08. The summed E-state index contributed by atoms with van der Waals surface area (Å²) in [5.74, 6) is 0.743. The van der Waals surface area contributed by atoms with Crippen LogP contribution in [0.1, 0.15) is 32.1 Å². The van der Waals surface area contributed by atoms with E-state index >= 15 is 0 Å². The standard InChI is InChI=1S/C18H20N2O3S/c1-11-9-16(24-12(11)2)18(22)19-7-8-23-14-4-5-15-13(10-14)3-6-17(21)20-15/h4-5,9-10H,3,6-8H2,1-2H3,(H,19,22)(H,20,21). The Morgan fingerprint density at radius 2 is 2.12 bits per heavy atom. The molecule has 126 valence electrons. The van der Waals surface area contributed by atoms with Crippen molar-refractivity contribution < 1.29 is 14.3 Å². The van der Waals surface area contributed by atoms with Gasteiger partial charge in [-0.2, -0.15) is 0 Å². The maximum absolute atomic E-state index is 12.0. The van der Waals surface area contributed by atoms with Crippen LogP contribution in [0.4, 0.5) is 5.69 Å². The quantitative estimate of drug-likeness (QED) is 0.819. The minimum absolute atomic E-state index is 0.0536. The van der Waals surface area contributed by atoms with Gasteiger partial charge in [-0.1, -0.05) is 0 Å². The number of carbonyl (C=O) groups excluding carboxylic acids is 2. The molecule has 0 unspecified atom stereocenters. The van der Waals surface area contributed by atoms with Gasteiger partial charge in [-0.05, 0) is 55.7 Å². The highest BCUT2D eigenvalue weighted by Crippen LogP contribution is 2.26. The molecule has 2 amide bonds. The van der Waals surface area contributed by atoms with E-state index in [0.29, 0.717) is 19.6 Å². The van der Waals surface area contributed by atoms with E-state index in [1.807, 2.05) is 38.1 Å². The molecule has 2 N–H and O–H groups in total. The molecule has 0 radical (unpaired) electrons. The monoisotopic (exact) mass is 344 g/mol. The molecule has 0 atom stereocenters. The molecule has 5 nitrogen and oxygen atoms in total. The molecule has 0 saturated carbocycles. The third-order valence-corrected chi connectivity index (χ3v) is 5.17. The first-order valence-electron chi connectivity index (χ1n) is 7.94. The number of nitrogens with one attached hydrogen (secondary N) is 2. The van der Waals surface area contributed by atoms with Crippen LogP contribution >= 0.6 is 11.3 Å². The molecule has 0 aliphatic carbocycles. The molecular weight excluding hydrogens is 324 g/mol. The molecule has 1 aliphatic rings. The number of benzene rings is 1. The van der Waals surface area contributed by atoms with Crippen LogP contribution in [0.5, 0.6) is 5.75 Å². The van der Waals surface area contributed by atoms with Crippen LogP contribution in [0, 0.1) is 13.8 Å². The zero-order chi connectivity index (χ0) is 17.1. The molecule has 0 spiro atoms. The first-order chi connectivity index (χ1) is 11.5. The Bertz CT molecular complexity index is 763. The number of carbonyl (C=O) groups is 2. The zero-order valence-electron chi connectivity index (χ0n) is 13.8. The highest BCUT2D eigenvalue weighted by Gasteiger charge is 2.15. The van der Waals surface area contributed by atoms with Crippen molar-refractivity contribution >= 4 is 28.8 Å². The molecule has 3 rings (SSSR count). The van der Waals surface area contributed by atoms with Crippen LogP contribution in [-0.4, -0.2) is 25.0 Å². The summed E-state index contributed by atoms with van der Waals surface area (Å²) in [5, 5.41) is 5.71. The van der Waals surface area contributed by atoms with Gasteiger partial charge in [-0.3, -0.25) is 9.59 Å². The SMILES string of the molecule is Cc1cc(C(=O)NCCOc2ccc3c(c2)CCC(=O)N3)sc1C. The van der Waals surface area contributed by atoms with Gasteiger partial charge in [0.05, 0.1) is 11.4 Å². The van der Waals surface area contributed by atoms with Gasteiger partial charge >= 0.3 is 0 Å². The van der Waals surface area contributed by atoms with Crippen molar-refractivity contribution in [1.29, 1.82) is 0 Å². The van der Waals surface area contributed by atoms with Gasteiger partial charge in [0.25, 0.3) is 5.91 Å². The molecule has 1 aliphatic heterocycles. The van der Waals surface area contributed by atoms with Crippen LogP contribution in [0.3, 0.4) is 0 Å². The topological polar surface area (TPSA) is 67.4 Å². The van der Waals surface area contributed by atoms with Gasteiger partial charge in [0.1, 0.15) is 12.4 Å². The summed E-state index contributed by atoms with van der Waals surface area (Å²) in [6, 6.07) is 7.55. The molecule has 0 saturated heterocycles. The third kappa shape index (κ3) is 3.76. The average molecular weight is 344 g/mol. The van der Waals surface area contributed by atoms with E-state index in [1.165, 1.54) is 11.3 Å². The summed E-state index contributed by atoms with van der Waals surface area (Å²) in [4.78, 5) is 25.3. The fraction of sp³-hybridized carbons (Fsp3) is 0.333. The molecule has 1 aromatic heterocycles. The lowest BCUT2D eigenvalue weighted by molar-refractivity contribution is -0.116. The van der Waals surface area contributed by atoms with E-state index in [0.717, 1.165) is 38.7 Å². The Balaban J connectivity index is 1.48. The lowest BCUT2D eigenvalue weighted by Crippen LogP contribution is -2.27. The van der Waals surface area contributed by atoms with Crippen LogP contribution in [0.25, 0.3) is 0 Å². The van der Waals surface area contributed by atoms with Crippen molar-refractivity contribution in [2.24, 2.45) is 0 Å². The Hall–Kier alpha value is -2.34. The number of aryl methyl sites for hydroxylation is 3. The smallest absolute Gasteiger partial charge is 0.261 e. The Labute approximate surface area is 145 Å². The largest absolute Gasteiger partial charge is 0.492 e. The number of fused-ring (bicyclic) bond motifs is 1. The number of thiophene rings is 1. The normalized spacial score (nSPS) is 13.2. The minimum Gasteiger partial charge on any atom is -0.492 e. The Morgan fingerprint density at radius 3 is 2.88 bits per heavy atom. The van der Waals surface area contributed by atoms with Crippen LogP contribution < -0.4 is 15.4 Å². The third-order valence-electron chi connectivity index (χ3n) is 4.02. The fourth-order valence-corrected chi connectivity index (χ4v) is 3.51. The molecule has 0 bridgehead atoms. The lowest BCUT2D eigenvalue weighted by Gasteiger charge is -2.17. The second-order valence-corrected chi connectivity index (χ2v) is 7.08. The first kappa shape index (κ1) is 16.5. The Kier molecular flexibility index (Phi) is 4.85. The van der Waals surface area contributed by atoms with Crippen LogP contribution in [0.15, 0.2) is 24.3 Å². The molecule has 24 heavy (non-hydrogen) atoms. The van der Waals surface area contributed by atoms with Crippen molar-refractivity contribution in [3.8, 4) is 5.75 Å². The van der Waals surface area contributed by atoms with E-state index in [1.54, 1.807) is 0 Å². The average Bonchev–Trinajstić information content (AvgIpc) is 2.90. The van der Waals surface area contributed by atoms with Crippen molar-refractivity contribution in [3.63, 3.8) is 0 Å². The van der Waals surface area contributed by atoms with Crippen LogP contribution in [0.2, 0.25) is 0 Å². The van der Waals surface area contributed by atoms with E-state index < -0.39 is 0 Å². The van der Waals surface area contributed by atoms with Gasteiger partial charge in [0.15, 0.2) is 0 Å². The number of hydrogen-bond donors (Lipinski definition) is 2. The highest BCUT2D eigenvalue weighted by molar-refractivity contribution is 7.14. The number of rotatable bonds is 5. The molecular formula is C18H20N2O3S. The van der Waals surface area contributed by atoms with Crippen LogP contribution in [-0.2, 0) is 11.2 Å². The predicted molar refractivity (Wildman–Crippen MR) is 95.0 cm³/mol. The second kappa shape index (κ2) is 7.05. The van der Waals surface area contributed by atoms with Gasteiger partial charge in [0, 0.05) is 17.0 Å². The van der Waals surface area contributed by atoms with E-state index in [2.05, 4.69) is 10.6 Å². The predicted octanol–water partition coefficient (Wildman–Crippen LogP) is 3.06. The summed E-state index contributed by atoms with van der Waals surface area (Å²) in [6.07, 6.45) is 1.23. The Morgan fingerprint density at radius 1 is 1.29 bits per heavy atom. The second-order valence-electron chi connectivity index (χ2n) is 5.82. The summed E-state index contributed by atoms with van der Waals surface area (Å²) in [6.45, 7) is 4.87. The number of ether oxygens (including phenoxy) is 1. The summed E-state index contributed by atoms with van der Waals surface area (Å²) < 4.78 is 5.69. The zero-order valence-corrected chi connectivity index (χ0v) is 14.6. The first-order valence-corrected chi connectivity index (χ1v) is 8.75. The molecule has 2 aromatic rings. The minimum atomic E-state index is -0.0621. The summed E-state index contributed by atoms with van der Waals surface area (Å²) in [7, 11) is 0. The molecule has 0 fully saturated rings. The van der Waals surface area contributed by atoms with Gasteiger partial charge < -0.3 is 15.4 Å². The van der Waals surface area contributed by atoms with Crippen molar-refractivity contribution in [3.05, 3.63) is 45.1 Å². The maximum Gasteiger partial charge on any atom is 0.261 e. The number of amides is 2. The van der Waals surface area contributed by atoms with E-state index in [-0.39, 0.29) is 11.8 Å². The maximum atomic E-state index is 12.0. The van der Waals surface area contributed by atoms with E-state index in [4.69, 9.17) is 4.74 Å². The van der Waals surface area contributed by atoms with Crippen molar-refractivity contribution in [2.45, 2.75) is 26.7 Å².